The van der Waals surface area contributed by atoms with Gasteiger partial charge in [0.25, 0.3) is 0 Å². The Hall–Kier alpha value is -0.400. The molecule has 0 aliphatic heterocycles. The predicted octanol–water partition coefficient (Wildman–Crippen LogP) is 2.39. The largest absolute Gasteiger partial charge is 0.207 e. The van der Waals surface area contributed by atoms with Crippen LogP contribution in [0.25, 0.3) is 0 Å². The van der Waals surface area contributed by atoms with Crippen molar-refractivity contribution in [1.82, 2.24) is 0 Å². The molecule has 2 nitrogen and oxygen atoms in total. The van der Waals surface area contributed by atoms with Gasteiger partial charge in [-0.2, -0.15) is 0 Å². The normalized spacial score (nSPS) is 10.9. The third-order valence-electron chi connectivity index (χ3n) is 1.88. The zero-order valence-electron chi connectivity index (χ0n) is 8.02. The Bertz CT molecular complexity index is 279. The van der Waals surface area contributed by atoms with E-state index in [2.05, 4.69) is 37.1 Å². The molecule has 0 amide bonds. The molecule has 1 atom stereocenters. The number of hydrogen-bond donors (Lipinski definition) is 1. The molecule has 1 aromatic carbocycles. The number of rotatable bonds is 6. The van der Waals surface area contributed by atoms with Crippen LogP contribution in [0.2, 0.25) is 0 Å². The maximum Gasteiger partial charge on any atom is 0.207 e. The fourth-order valence-corrected chi connectivity index (χ4v) is 2.45. The molecule has 0 bridgehead atoms. The average molecular weight is 228 g/mol. The lowest BCUT2D eigenvalue weighted by atomic mass is 10.3. The number of hydrogen-bond acceptors (Lipinski definition) is 1. The van der Waals surface area contributed by atoms with Gasteiger partial charge in [0.1, 0.15) is 0 Å². The molecular weight excluding hydrogens is 213 g/mol. The van der Waals surface area contributed by atoms with Gasteiger partial charge in [0, 0.05) is 11.3 Å². The molecule has 0 aromatic heterocycles. The van der Waals surface area contributed by atoms with E-state index in [9.17, 15) is 4.91 Å². The van der Waals surface area contributed by atoms with Crippen LogP contribution >= 0.6 is 21.4 Å². The van der Waals surface area contributed by atoms with Crippen molar-refractivity contribution in [3.8, 4) is 0 Å². The van der Waals surface area contributed by atoms with Gasteiger partial charge >= 0.3 is 0 Å². The SMILES string of the molecule is O=[N+](S)CCCCPc1ccccc1. The first-order chi connectivity index (χ1) is 6.79. The van der Waals surface area contributed by atoms with Crippen LogP contribution < -0.4 is 5.30 Å². The van der Waals surface area contributed by atoms with Crippen molar-refractivity contribution in [3.63, 3.8) is 0 Å². The van der Waals surface area contributed by atoms with Crippen molar-refractivity contribution < 1.29 is 4.17 Å². The number of nitrogens with zero attached hydrogens (tertiary/aromatic N) is 1. The lowest BCUT2D eigenvalue weighted by molar-refractivity contribution is -0.367. The first-order valence-corrected chi connectivity index (χ1v) is 6.32. The quantitative estimate of drug-likeness (QED) is 0.343. The van der Waals surface area contributed by atoms with Crippen LogP contribution in [0, 0.1) is 4.91 Å². The lowest BCUT2D eigenvalue weighted by Crippen LogP contribution is -1.98. The van der Waals surface area contributed by atoms with Crippen LogP contribution in [0.15, 0.2) is 30.3 Å². The fourth-order valence-electron chi connectivity index (χ4n) is 1.16. The minimum Gasteiger partial charge on any atom is -0.0904 e. The van der Waals surface area contributed by atoms with Gasteiger partial charge in [-0.05, 0) is 17.9 Å². The van der Waals surface area contributed by atoms with E-state index in [0.29, 0.717) is 10.7 Å². The second kappa shape index (κ2) is 6.97. The van der Waals surface area contributed by atoms with E-state index < -0.39 is 0 Å². The molecule has 14 heavy (non-hydrogen) atoms. The molecule has 1 rings (SSSR count). The zero-order valence-corrected chi connectivity index (χ0v) is 9.91. The summed E-state index contributed by atoms with van der Waals surface area (Å²) in [5, 5.41) is 1.40. The number of benzene rings is 1. The number of unbranched alkanes of at least 4 members (excludes halogenated alkanes) is 1. The van der Waals surface area contributed by atoms with Gasteiger partial charge < -0.3 is 0 Å². The molecule has 0 spiro atoms. The monoisotopic (exact) mass is 228 g/mol. The molecule has 1 aromatic rings. The molecular formula is C10H15NOPS+. The summed E-state index contributed by atoms with van der Waals surface area (Å²) >= 11 is 3.65. The van der Waals surface area contributed by atoms with Gasteiger partial charge in [0.05, 0.1) is 4.17 Å². The molecule has 0 fully saturated rings. The smallest absolute Gasteiger partial charge is 0.0904 e. The van der Waals surface area contributed by atoms with E-state index in [1.165, 1.54) is 11.5 Å². The van der Waals surface area contributed by atoms with E-state index in [-0.39, 0.29) is 0 Å². The second-order valence-electron chi connectivity index (χ2n) is 3.08. The third kappa shape index (κ3) is 5.36. The van der Waals surface area contributed by atoms with Crippen LogP contribution in [-0.4, -0.2) is 16.9 Å². The van der Waals surface area contributed by atoms with Gasteiger partial charge in [0.15, 0.2) is 12.8 Å². The van der Waals surface area contributed by atoms with Crippen LogP contribution in [0.3, 0.4) is 0 Å². The van der Waals surface area contributed by atoms with Gasteiger partial charge in [0.2, 0.25) is 6.54 Å². The van der Waals surface area contributed by atoms with Crippen LogP contribution in [-0.2, 0) is 0 Å². The van der Waals surface area contributed by atoms with E-state index >= 15 is 0 Å². The molecule has 0 aliphatic rings. The Balaban J connectivity index is 2.08. The minimum absolute atomic E-state index is 0.530. The number of nitroso groups, excluding NO2 is 1. The zero-order chi connectivity index (χ0) is 10.2. The molecule has 76 valence electrons. The van der Waals surface area contributed by atoms with Gasteiger partial charge in [-0.25, -0.2) is 0 Å². The predicted molar refractivity (Wildman–Crippen MR) is 66.0 cm³/mol. The average Bonchev–Trinajstić information content (AvgIpc) is 2.18. The van der Waals surface area contributed by atoms with Crippen molar-refractivity contribution in [2.45, 2.75) is 12.8 Å². The highest BCUT2D eigenvalue weighted by Gasteiger charge is 2.00. The molecule has 0 aliphatic carbocycles. The highest BCUT2D eigenvalue weighted by atomic mass is 32.1. The van der Waals surface area contributed by atoms with Gasteiger partial charge in [-0.15, -0.1) is 0 Å². The fraction of sp³-hybridized carbons (Fsp3) is 0.400. The lowest BCUT2D eigenvalue weighted by Gasteiger charge is -1.99. The topological polar surface area (TPSA) is 20.1 Å². The van der Waals surface area contributed by atoms with Gasteiger partial charge in [-0.3, -0.25) is 0 Å². The first kappa shape index (κ1) is 11.7. The summed E-state index contributed by atoms with van der Waals surface area (Å²) in [4.78, 5) is 10.5. The second-order valence-corrected chi connectivity index (χ2v) is 4.95. The third-order valence-corrected chi connectivity index (χ3v) is 3.42. The van der Waals surface area contributed by atoms with E-state index in [0.717, 1.165) is 21.4 Å². The molecule has 0 N–H and O–H groups in total. The summed E-state index contributed by atoms with van der Waals surface area (Å²) in [6.45, 7) is 0.530. The van der Waals surface area contributed by atoms with E-state index in [4.69, 9.17) is 0 Å². The highest BCUT2D eigenvalue weighted by Crippen LogP contribution is 2.12. The Kier molecular flexibility index (Phi) is 5.81. The first-order valence-electron chi connectivity index (χ1n) is 4.71. The van der Waals surface area contributed by atoms with Crippen molar-refractivity contribution in [1.29, 1.82) is 0 Å². The summed E-state index contributed by atoms with van der Waals surface area (Å²) in [5.74, 6) is 0. The number of thiol groups is 1. The van der Waals surface area contributed by atoms with Crippen molar-refractivity contribution >= 4 is 26.7 Å². The van der Waals surface area contributed by atoms with Crippen LogP contribution in [0.1, 0.15) is 12.8 Å². The standard InChI is InChI=1S/C10H15NOPS/c12-11(14)8-4-5-9-13-10-6-2-1-3-7-10/h1-3,6-7,13H,4-5,8-9H2,(H,12,14)/q+1. The molecule has 0 heterocycles. The Labute approximate surface area is 92.0 Å². The Morgan fingerprint density at radius 2 is 1.93 bits per heavy atom. The summed E-state index contributed by atoms with van der Waals surface area (Å²) in [7, 11) is 0.862. The van der Waals surface area contributed by atoms with Crippen LogP contribution in [0.5, 0.6) is 0 Å². The van der Waals surface area contributed by atoms with Crippen molar-refractivity contribution in [3.05, 3.63) is 35.2 Å². The molecule has 4 heteroatoms. The maximum absolute atomic E-state index is 10.5. The van der Waals surface area contributed by atoms with Crippen LogP contribution in [0.4, 0.5) is 0 Å². The van der Waals surface area contributed by atoms with E-state index in [1.54, 1.807) is 0 Å². The molecule has 0 radical (unpaired) electrons. The molecule has 1 unspecified atom stereocenters. The maximum atomic E-state index is 10.5. The highest BCUT2D eigenvalue weighted by molar-refractivity contribution is 7.73. The Morgan fingerprint density at radius 1 is 1.21 bits per heavy atom. The van der Waals surface area contributed by atoms with Crippen molar-refractivity contribution in [2.24, 2.45) is 0 Å². The summed E-state index contributed by atoms with van der Waals surface area (Å²) < 4.78 is 0.700. The van der Waals surface area contributed by atoms with E-state index in [1.807, 2.05) is 6.07 Å². The minimum atomic E-state index is 0.530. The Morgan fingerprint density at radius 3 is 2.57 bits per heavy atom. The molecule has 0 saturated carbocycles. The summed E-state index contributed by atoms with van der Waals surface area (Å²) in [5.41, 5.74) is 0. The summed E-state index contributed by atoms with van der Waals surface area (Å²) in [6.07, 6.45) is 3.21. The van der Waals surface area contributed by atoms with Crippen molar-refractivity contribution in [2.75, 3.05) is 12.7 Å². The summed E-state index contributed by atoms with van der Waals surface area (Å²) in [6, 6.07) is 10.5. The molecule has 0 saturated heterocycles. The van der Waals surface area contributed by atoms with Gasteiger partial charge in [-0.1, -0.05) is 38.9 Å².